The smallest absolute Gasteiger partial charge is 0.0107 e. The average molecular weight is 269 g/mol. The predicted molar refractivity (Wildman–Crippen MR) is 84.8 cm³/mol. The lowest BCUT2D eigenvalue weighted by atomic mass is 10.1. The second-order valence-electron chi connectivity index (χ2n) is 6.15. The van der Waals surface area contributed by atoms with Crippen LogP contribution < -0.4 is 5.32 Å². The van der Waals surface area contributed by atoms with Crippen molar-refractivity contribution in [1.82, 2.24) is 15.1 Å². The number of likely N-dealkylation sites (tertiary alicyclic amines) is 1. The minimum absolute atomic E-state index is 0.707. The van der Waals surface area contributed by atoms with Crippen molar-refractivity contribution in [3.05, 3.63) is 0 Å². The summed E-state index contributed by atoms with van der Waals surface area (Å²) in [7, 11) is 0. The van der Waals surface area contributed by atoms with Gasteiger partial charge in [-0.1, -0.05) is 13.8 Å². The topological polar surface area (TPSA) is 18.5 Å². The molecule has 3 heteroatoms. The van der Waals surface area contributed by atoms with Gasteiger partial charge in [0, 0.05) is 25.2 Å². The Morgan fingerprint density at radius 2 is 1.95 bits per heavy atom. The van der Waals surface area contributed by atoms with Crippen LogP contribution in [0.3, 0.4) is 0 Å². The van der Waals surface area contributed by atoms with Gasteiger partial charge in [0.15, 0.2) is 0 Å². The molecule has 1 atom stereocenters. The zero-order valence-electron chi connectivity index (χ0n) is 13.6. The van der Waals surface area contributed by atoms with Gasteiger partial charge in [-0.25, -0.2) is 0 Å². The maximum Gasteiger partial charge on any atom is 0.0107 e. The quantitative estimate of drug-likeness (QED) is 0.730. The number of nitrogens with one attached hydrogen (secondary N) is 1. The summed E-state index contributed by atoms with van der Waals surface area (Å²) in [5.41, 5.74) is 0. The summed E-state index contributed by atoms with van der Waals surface area (Å²) in [6.07, 6.45) is 5.28. The molecule has 1 aliphatic heterocycles. The van der Waals surface area contributed by atoms with Gasteiger partial charge in [0.1, 0.15) is 0 Å². The molecule has 0 aromatic carbocycles. The number of nitrogens with zero attached hydrogens (tertiary/aromatic N) is 2. The minimum Gasteiger partial charge on any atom is -0.313 e. The normalized spacial score (nSPS) is 22.1. The third-order valence-electron chi connectivity index (χ3n) is 4.34. The van der Waals surface area contributed by atoms with Gasteiger partial charge < -0.3 is 15.1 Å². The second-order valence-corrected chi connectivity index (χ2v) is 6.15. The van der Waals surface area contributed by atoms with Crippen LogP contribution in [0.15, 0.2) is 0 Å². The molecular formula is C16H35N3. The third kappa shape index (κ3) is 6.73. The van der Waals surface area contributed by atoms with Crippen molar-refractivity contribution < 1.29 is 0 Å². The molecule has 0 radical (unpaired) electrons. The molecule has 1 saturated heterocycles. The predicted octanol–water partition coefficient (Wildman–Crippen LogP) is 2.57. The van der Waals surface area contributed by atoms with Crippen molar-refractivity contribution in [2.75, 3.05) is 39.3 Å². The lowest BCUT2D eigenvalue weighted by Gasteiger charge is -2.25. The van der Waals surface area contributed by atoms with E-state index >= 15 is 0 Å². The summed E-state index contributed by atoms with van der Waals surface area (Å²) in [6.45, 7) is 16.5. The average Bonchev–Trinajstić information content (AvgIpc) is 2.63. The summed E-state index contributed by atoms with van der Waals surface area (Å²) >= 11 is 0. The van der Waals surface area contributed by atoms with Crippen LogP contribution in [0.25, 0.3) is 0 Å². The summed E-state index contributed by atoms with van der Waals surface area (Å²) < 4.78 is 0. The SMILES string of the molecule is CCCN(CC)CCNC1CCCN(C(C)C)CC1. The molecule has 0 bridgehead atoms. The zero-order chi connectivity index (χ0) is 14.1. The van der Waals surface area contributed by atoms with E-state index in [0.29, 0.717) is 6.04 Å². The fraction of sp³-hybridized carbons (Fsp3) is 1.00. The standard InChI is InChI=1S/C16H35N3/c1-5-11-18(6-2)14-10-17-16-8-7-12-19(13-9-16)15(3)4/h15-17H,5-14H2,1-4H3. The van der Waals surface area contributed by atoms with E-state index in [1.54, 1.807) is 0 Å². The number of likely N-dealkylation sites (N-methyl/N-ethyl adjacent to an activating group) is 1. The van der Waals surface area contributed by atoms with Gasteiger partial charge in [0.2, 0.25) is 0 Å². The molecule has 0 amide bonds. The number of hydrogen-bond acceptors (Lipinski definition) is 3. The van der Waals surface area contributed by atoms with Crippen molar-refractivity contribution in [3.63, 3.8) is 0 Å². The molecule has 0 aromatic rings. The first-order valence-corrected chi connectivity index (χ1v) is 8.37. The van der Waals surface area contributed by atoms with Crippen LogP contribution in [0.1, 0.15) is 53.4 Å². The van der Waals surface area contributed by atoms with Gasteiger partial charge in [0.05, 0.1) is 0 Å². The van der Waals surface area contributed by atoms with Crippen molar-refractivity contribution >= 4 is 0 Å². The molecule has 1 heterocycles. The Morgan fingerprint density at radius 1 is 1.16 bits per heavy atom. The maximum absolute atomic E-state index is 3.78. The molecule has 114 valence electrons. The van der Waals surface area contributed by atoms with E-state index in [4.69, 9.17) is 0 Å². The van der Waals surface area contributed by atoms with Crippen LogP contribution in [0, 0.1) is 0 Å². The van der Waals surface area contributed by atoms with Gasteiger partial charge in [-0.3, -0.25) is 0 Å². The van der Waals surface area contributed by atoms with Gasteiger partial charge >= 0.3 is 0 Å². The van der Waals surface area contributed by atoms with Crippen LogP contribution in [0.4, 0.5) is 0 Å². The molecule has 3 nitrogen and oxygen atoms in total. The molecule has 1 aliphatic rings. The maximum atomic E-state index is 3.78. The van der Waals surface area contributed by atoms with Crippen LogP contribution in [-0.4, -0.2) is 61.2 Å². The number of rotatable bonds is 8. The Kier molecular flexibility index (Phi) is 8.67. The van der Waals surface area contributed by atoms with E-state index in [-0.39, 0.29) is 0 Å². The van der Waals surface area contributed by atoms with Crippen LogP contribution in [0.5, 0.6) is 0 Å². The largest absolute Gasteiger partial charge is 0.313 e. The van der Waals surface area contributed by atoms with Crippen molar-refractivity contribution in [2.45, 2.75) is 65.5 Å². The van der Waals surface area contributed by atoms with E-state index in [0.717, 1.165) is 12.6 Å². The molecule has 1 rings (SSSR count). The highest BCUT2D eigenvalue weighted by Gasteiger charge is 2.18. The first-order valence-electron chi connectivity index (χ1n) is 8.37. The lowest BCUT2D eigenvalue weighted by molar-refractivity contribution is 0.228. The lowest BCUT2D eigenvalue weighted by Crippen LogP contribution is -2.38. The Bertz CT molecular complexity index is 218. The summed E-state index contributed by atoms with van der Waals surface area (Å²) in [5.74, 6) is 0. The van der Waals surface area contributed by atoms with Crippen molar-refractivity contribution in [2.24, 2.45) is 0 Å². The monoisotopic (exact) mass is 269 g/mol. The van der Waals surface area contributed by atoms with Gasteiger partial charge in [-0.05, 0) is 65.7 Å². The molecule has 19 heavy (non-hydrogen) atoms. The third-order valence-corrected chi connectivity index (χ3v) is 4.34. The molecule has 0 saturated carbocycles. The fourth-order valence-electron chi connectivity index (χ4n) is 3.01. The molecule has 1 N–H and O–H groups in total. The molecule has 0 aromatic heterocycles. The summed E-state index contributed by atoms with van der Waals surface area (Å²) in [6, 6.07) is 1.45. The van der Waals surface area contributed by atoms with E-state index < -0.39 is 0 Å². The van der Waals surface area contributed by atoms with Gasteiger partial charge in [-0.15, -0.1) is 0 Å². The Morgan fingerprint density at radius 3 is 2.58 bits per heavy atom. The highest BCUT2D eigenvalue weighted by molar-refractivity contribution is 4.76. The molecule has 0 spiro atoms. The summed E-state index contributed by atoms with van der Waals surface area (Å²) in [4.78, 5) is 5.17. The van der Waals surface area contributed by atoms with E-state index in [2.05, 4.69) is 42.8 Å². The van der Waals surface area contributed by atoms with Crippen molar-refractivity contribution in [1.29, 1.82) is 0 Å². The van der Waals surface area contributed by atoms with E-state index in [1.807, 2.05) is 0 Å². The number of hydrogen-bond donors (Lipinski definition) is 1. The molecule has 1 fully saturated rings. The van der Waals surface area contributed by atoms with Gasteiger partial charge in [-0.2, -0.15) is 0 Å². The van der Waals surface area contributed by atoms with Crippen LogP contribution >= 0.6 is 0 Å². The Labute approximate surface area is 120 Å². The summed E-state index contributed by atoms with van der Waals surface area (Å²) in [5, 5.41) is 3.78. The zero-order valence-corrected chi connectivity index (χ0v) is 13.6. The van der Waals surface area contributed by atoms with E-state index in [1.165, 1.54) is 58.4 Å². The van der Waals surface area contributed by atoms with Crippen LogP contribution in [0.2, 0.25) is 0 Å². The van der Waals surface area contributed by atoms with Crippen LogP contribution in [-0.2, 0) is 0 Å². The van der Waals surface area contributed by atoms with Gasteiger partial charge in [0.25, 0.3) is 0 Å². The minimum atomic E-state index is 0.707. The first kappa shape index (κ1) is 16.9. The Balaban J connectivity index is 2.19. The molecule has 0 aliphatic carbocycles. The molecular weight excluding hydrogens is 234 g/mol. The first-order chi connectivity index (χ1) is 9.17. The highest BCUT2D eigenvalue weighted by atomic mass is 15.2. The molecule has 1 unspecified atom stereocenters. The van der Waals surface area contributed by atoms with Crippen molar-refractivity contribution in [3.8, 4) is 0 Å². The fourth-order valence-corrected chi connectivity index (χ4v) is 3.01. The Hall–Kier alpha value is -0.120. The second kappa shape index (κ2) is 9.73. The van der Waals surface area contributed by atoms with E-state index in [9.17, 15) is 0 Å². The highest BCUT2D eigenvalue weighted by Crippen LogP contribution is 2.13.